The van der Waals surface area contributed by atoms with E-state index in [1.807, 2.05) is 11.8 Å². The van der Waals surface area contributed by atoms with Gasteiger partial charge < -0.3 is 5.32 Å². The number of hydrogen-bond donors (Lipinski definition) is 1. The van der Waals surface area contributed by atoms with Crippen molar-refractivity contribution in [1.29, 1.82) is 0 Å². The van der Waals surface area contributed by atoms with E-state index in [-0.39, 0.29) is 10.7 Å². The first kappa shape index (κ1) is 17.4. The molecule has 112 valence electrons. The first-order chi connectivity index (χ1) is 9.56. The van der Waals surface area contributed by atoms with Crippen molar-refractivity contribution in [3.8, 4) is 0 Å². The summed E-state index contributed by atoms with van der Waals surface area (Å²) in [4.78, 5) is 10.5. The van der Waals surface area contributed by atoms with Gasteiger partial charge in [-0.15, -0.1) is 0 Å². The summed E-state index contributed by atoms with van der Waals surface area (Å²) in [6.07, 6.45) is 6.60. The molecule has 0 saturated carbocycles. The molecule has 0 aliphatic rings. The Morgan fingerprint density at radius 1 is 1.20 bits per heavy atom. The molecule has 0 radical (unpaired) electrons. The molecule has 1 N–H and O–H groups in total. The zero-order valence-electron chi connectivity index (χ0n) is 11.3. The predicted molar refractivity (Wildman–Crippen MR) is 88.5 cm³/mol. The highest BCUT2D eigenvalue weighted by Crippen LogP contribution is 2.33. The van der Waals surface area contributed by atoms with Crippen molar-refractivity contribution in [2.45, 2.75) is 25.7 Å². The fourth-order valence-corrected chi connectivity index (χ4v) is 2.59. The third-order valence-electron chi connectivity index (χ3n) is 2.83. The minimum absolute atomic E-state index is 0.0400. The van der Waals surface area contributed by atoms with Crippen LogP contribution < -0.4 is 5.32 Å². The Hall–Kier alpha value is -0.650. The van der Waals surface area contributed by atoms with Gasteiger partial charge in [0.2, 0.25) is 0 Å². The van der Waals surface area contributed by atoms with E-state index in [0.717, 1.165) is 12.8 Å². The minimum Gasteiger partial charge on any atom is -0.379 e. The number of benzene rings is 1. The predicted octanol–water partition coefficient (Wildman–Crippen LogP) is 5.24. The minimum atomic E-state index is -0.455. The van der Waals surface area contributed by atoms with E-state index in [2.05, 4.69) is 11.6 Å². The van der Waals surface area contributed by atoms with E-state index >= 15 is 0 Å². The van der Waals surface area contributed by atoms with E-state index in [0.29, 0.717) is 17.3 Å². The third-order valence-corrected chi connectivity index (χ3v) is 4.25. The monoisotopic (exact) mass is 336 g/mol. The van der Waals surface area contributed by atoms with Gasteiger partial charge in [-0.3, -0.25) is 10.1 Å². The molecule has 0 spiro atoms. The number of nitrogens with one attached hydrogen (secondary N) is 1. The molecule has 0 atom stereocenters. The fourth-order valence-electron chi connectivity index (χ4n) is 1.78. The average molecular weight is 337 g/mol. The summed E-state index contributed by atoms with van der Waals surface area (Å²) in [7, 11) is 0. The Bertz CT molecular complexity index is 458. The van der Waals surface area contributed by atoms with Crippen molar-refractivity contribution in [3.05, 3.63) is 32.3 Å². The lowest BCUT2D eigenvalue weighted by molar-refractivity contribution is -0.383. The van der Waals surface area contributed by atoms with Gasteiger partial charge in [0, 0.05) is 12.6 Å². The molecule has 1 rings (SSSR count). The van der Waals surface area contributed by atoms with Gasteiger partial charge in [0.15, 0.2) is 0 Å². The summed E-state index contributed by atoms with van der Waals surface area (Å²) in [5, 5.41) is 14.5. The standard InChI is InChI=1S/C13H18Cl2N2O2S/c1-20-7-5-3-2-4-6-16-12-8-10(14)11(15)9-13(12)17(18)19/h8-9,16H,2-7H2,1H3. The summed E-state index contributed by atoms with van der Waals surface area (Å²) in [6.45, 7) is 0.693. The van der Waals surface area contributed by atoms with E-state index in [4.69, 9.17) is 23.2 Å². The molecule has 1 aromatic rings. The highest BCUT2D eigenvalue weighted by molar-refractivity contribution is 7.98. The number of nitro benzene ring substituents is 1. The van der Waals surface area contributed by atoms with Gasteiger partial charge in [0.25, 0.3) is 5.69 Å². The molecule has 20 heavy (non-hydrogen) atoms. The van der Waals surface area contributed by atoms with Crippen LogP contribution in [0.1, 0.15) is 25.7 Å². The maximum atomic E-state index is 11.0. The van der Waals surface area contributed by atoms with Crippen molar-refractivity contribution >= 4 is 46.3 Å². The molecule has 0 bridgehead atoms. The molecule has 0 aromatic heterocycles. The molecule has 0 aliphatic carbocycles. The topological polar surface area (TPSA) is 55.2 Å². The summed E-state index contributed by atoms with van der Waals surface area (Å²) in [5.41, 5.74) is 0.385. The van der Waals surface area contributed by atoms with E-state index in [9.17, 15) is 10.1 Å². The molecule has 0 saturated heterocycles. The van der Waals surface area contributed by atoms with Crippen molar-refractivity contribution in [3.63, 3.8) is 0 Å². The summed E-state index contributed by atoms with van der Waals surface area (Å²) >= 11 is 13.5. The van der Waals surface area contributed by atoms with Crippen LogP contribution in [0, 0.1) is 10.1 Å². The van der Waals surface area contributed by atoms with E-state index in [1.54, 1.807) is 0 Å². The zero-order chi connectivity index (χ0) is 15.0. The van der Waals surface area contributed by atoms with Crippen molar-refractivity contribution in [2.24, 2.45) is 0 Å². The largest absolute Gasteiger partial charge is 0.379 e. The third kappa shape index (κ3) is 5.77. The molecule has 0 heterocycles. The molecule has 7 heteroatoms. The number of rotatable bonds is 9. The molecule has 1 aromatic carbocycles. The average Bonchev–Trinajstić information content (AvgIpc) is 2.41. The Morgan fingerprint density at radius 2 is 1.85 bits per heavy atom. The van der Waals surface area contributed by atoms with Crippen LogP contribution in [0.3, 0.4) is 0 Å². The van der Waals surface area contributed by atoms with Crippen LogP contribution in [0.2, 0.25) is 10.0 Å². The molecule has 0 amide bonds. The SMILES string of the molecule is CSCCCCCCNc1cc(Cl)c(Cl)cc1[N+](=O)[O-]. The smallest absolute Gasteiger partial charge is 0.293 e. The Balaban J connectivity index is 2.47. The van der Waals surface area contributed by atoms with Gasteiger partial charge >= 0.3 is 0 Å². The van der Waals surface area contributed by atoms with Crippen LogP contribution in [0.5, 0.6) is 0 Å². The van der Waals surface area contributed by atoms with Gasteiger partial charge in [-0.05, 0) is 30.9 Å². The lowest BCUT2D eigenvalue weighted by atomic mass is 10.2. The van der Waals surface area contributed by atoms with Crippen LogP contribution in [-0.4, -0.2) is 23.5 Å². The maximum absolute atomic E-state index is 11.0. The van der Waals surface area contributed by atoms with Gasteiger partial charge in [0.05, 0.1) is 15.0 Å². The fraction of sp³-hybridized carbons (Fsp3) is 0.538. The second-order valence-corrected chi connectivity index (χ2v) is 6.17. The highest BCUT2D eigenvalue weighted by Gasteiger charge is 2.16. The van der Waals surface area contributed by atoms with Crippen molar-refractivity contribution in [2.75, 3.05) is 23.9 Å². The quantitative estimate of drug-likeness (QED) is 0.380. The molecule has 0 aliphatic heterocycles. The second kappa shape index (κ2) is 9.32. The van der Waals surface area contributed by atoms with Crippen molar-refractivity contribution < 1.29 is 4.92 Å². The first-order valence-corrected chi connectivity index (χ1v) is 8.57. The van der Waals surface area contributed by atoms with Gasteiger partial charge in [0.1, 0.15) is 5.69 Å². The molecule has 0 fully saturated rings. The van der Waals surface area contributed by atoms with Crippen LogP contribution in [0.25, 0.3) is 0 Å². The first-order valence-electron chi connectivity index (χ1n) is 6.42. The number of nitrogens with zero attached hydrogens (tertiary/aromatic N) is 1. The number of unbranched alkanes of at least 4 members (excludes halogenated alkanes) is 3. The normalized spacial score (nSPS) is 10.6. The lowest BCUT2D eigenvalue weighted by Crippen LogP contribution is -2.04. The van der Waals surface area contributed by atoms with Crippen LogP contribution in [-0.2, 0) is 0 Å². The second-order valence-electron chi connectivity index (χ2n) is 4.37. The highest BCUT2D eigenvalue weighted by atomic mass is 35.5. The zero-order valence-corrected chi connectivity index (χ0v) is 13.7. The van der Waals surface area contributed by atoms with Gasteiger partial charge in [-0.25, -0.2) is 0 Å². The molecular formula is C13H18Cl2N2O2S. The van der Waals surface area contributed by atoms with Crippen molar-refractivity contribution in [1.82, 2.24) is 0 Å². The maximum Gasteiger partial charge on any atom is 0.293 e. The van der Waals surface area contributed by atoms with Gasteiger partial charge in [-0.1, -0.05) is 36.0 Å². The summed E-state index contributed by atoms with van der Waals surface area (Å²) < 4.78 is 0. The number of thioether (sulfide) groups is 1. The number of nitro groups is 1. The summed E-state index contributed by atoms with van der Waals surface area (Å²) in [6, 6.07) is 2.79. The van der Waals surface area contributed by atoms with E-state index < -0.39 is 4.92 Å². The number of hydrogen-bond acceptors (Lipinski definition) is 4. The Morgan fingerprint density at radius 3 is 2.50 bits per heavy atom. The number of anilines is 1. The molecule has 4 nitrogen and oxygen atoms in total. The Labute approximate surface area is 133 Å². The van der Waals surface area contributed by atoms with Crippen LogP contribution in [0.15, 0.2) is 12.1 Å². The summed E-state index contributed by atoms with van der Waals surface area (Å²) in [5.74, 6) is 1.19. The van der Waals surface area contributed by atoms with Gasteiger partial charge in [-0.2, -0.15) is 11.8 Å². The molecular weight excluding hydrogens is 319 g/mol. The van der Waals surface area contributed by atoms with E-state index in [1.165, 1.54) is 30.7 Å². The lowest BCUT2D eigenvalue weighted by Gasteiger charge is -2.08. The van der Waals surface area contributed by atoms with Crippen LogP contribution >= 0.6 is 35.0 Å². The number of halogens is 2. The van der Waals surface area contributed by atoms with Crippen LogP contribution in [0.4, 0.5) is 11.4 Å². The Kier molecular flexibility index (Phi) is 8.11. The molecule has 0 unspecified atom stereocenters.